The lowest BCUT2D eigenvalue weighted by Crippen LogP contribution is -2.39. The van der Waals surface area contributed by atoms with Crippen molar-refractivity contribution >= 4 is 0 Å². The zero-order chi connectivity index (χ0) is 15.8. The van der Waals surface area contributed by atoms with Crippen molar-refractivity contribution in [3.8, 4) is 11.5 Å². The van der Waals surface area contributed by atoms with Gasteiger partial charge in [0.25, 0.3) is 0 Å². The third kappa shape index (κ3) is 3.05. The summed E-state index contributed by atoms with van der Waals surface area (Å²) in [6, 6.07) is 7.85. The second-order valence-corrected chi connectivity index (χ2v) is 7.21. The number of rotatable bonds is 5. The molecule has 0 amide bonds. The van der Waals surface area contributed by atoms with E-state index in [9.17, 15) is 0 Å². The monoisotopic (exact) mass is 317 g/mol. The molecule has 0 aliphatic carbocycles. The van der Waals surface area contributed by atoms with Gasteiger partial charge in [0.2, 0.25) is 6.79 Å². The maximum Gasteiger partial charge on any atom is 0.231 e. The quantitative estimate of drug-likeness (QED) is 0.823. The SMILES string of the molecule is CN(C)CCN1CC[C@@H]2[C@@H]1CCN2Cc1ccc2c(c1)OCO2. The second kappa shape index (κ2) is 6.30. The van der Waals surface area contributed by atoms with Gasteiger partial charge in [0.1, 0.15) is 0 Å². The average molecular weight is 317 g/mol. The molecule has 0 radical (unpaired) electrons. The zero-order valence-corrected chi connectivity index (χ0v) is 14.2. The summed E-state index contributed by atoms with van der Waals surface area (Å²) in [4.78, 5) is 7.65. The molecule has 0 bridgehead atoms. The standard InChI is InChI=1S/C18H27N3O2/c1-19(2)9-10-20-7-5-16-15(20)6-8-21(16)12-14-3-4-17-18(11-14)23-13-22-17/h3-4,11,15-16H,5-10,12-13H2,1-2H3/t15-,16+/m0/s1. The lowest BCUT2D eigenvalue weighted by molar-refractivity contribution is 0.174. The normalized spacial score (nSPS) is 27.1. The van der Waals surface area contributed by atoms with E-state index in [0.717, 1.165) is 36.7 Å². The minimum absolute atomic E-state index is 0.355. The van der Waals surface area contributed by atoms with Crippen LogP contribution in [0.2, 0.25) is 0 Å². The molecule has 5 heteroatoms. The molecule has 2 atom stereocenters. The van der Waals surface area contributed by atoms with Gasteiger partial charge in [-0.1, -0.05) is 6.07 Å². The van der Waals surface area contributed by atoms with Crippen molar-refractivity contribution in [3.05, 3.63) is 23.8 Å². The average Bonchev–Trinajstić information content (AvgIpc) is 3.22. The third-order valence-corrected chi connectivity index (χ3v) is 5.46. The second-order valence-electron chi connectivity index (χ2n) is 7.21. The van der Waals surface area contributed by atoms with Crippen molar-refractivity contribution in [1.82, 2.24) is 14.7 Å². The van der Waals surface area contributed by atoms with Gasteiger partial charge in [0.15, 0.2) is 11.5 Å². The van der Waals surface area contributed by atoms with Crippen LogP contribution in [0.15, 0.2) is 18.2 Å². The Morgan fingerprint density at radius 3 is 2.61 bits per heavy atom. The van der Waals surface area contributed by atoms with Crippen molar-refractivity contribution < 1.29 is 9.47 Å². The molecule has 126 valence electrons. The molecular weight excluding hydrogens is 290 g/mol. The van der Waals surface area contributed by atoms with Gasteiger partial charge >= 0.3 is 0 Å². The number of likely N-dealkylation sites (N-methyl/N-ethyl adjacent to an activating group) is 1. The maximum absolute atomic E-state index is 5.51. The van der Waals surface area contributed by atoms with Crippen LogP contribution in [0.25, 0.3) is 0 Å². The summed E-state index contributed by atoms with van der Waals surface area (Å²) in [5.41, 5.74) is 1.33. The predicted octanol–water partition coefficient (Wildman–Crippen LogP) is 1.63. The maximum atomic E-state index is 5.51. The Morgan fingerprint density at radius 1 is 1.04 bits per heavy atom. The first-order valence-corrected chi connectivity index (χ1v) is 8.72. The van der Waals surface area contributed by atoms with Gasteiger partial charge in [-0.25, -0.2) is 0 Å². The van der Waals surface area contributed by atoms with E-state index in [4.69, 9.17) is 9.47 Å². The summed E-state index contributed by atoms with van der Waals surface area (Å²) >= 11 is 0. The first-order valence-electron chi connectivity index (χ1n) is 8.72. The Balaban J connectivity index is 1.38. The van der Waals surface area contributed by atoms with E-state index in [1.807, 2.05) is 6.07 Å². The molecule has 0 N–H and O–H groups in total. The van der Waals surface area contributed by atoms with E-state index in [2.05, 4.69) is 40.9 Å². The Bertz CT molecular complexity index is 563. The molecule has 0 aromatic heterocycles. The highest BCUT2D eigenvalue weighted by atomic mass is 16.7. The summed E-state index contributed by atoms with van der Waals surface area (Å²) in [7, 11) is 4.32. The lowest BCUT2D eigenvalue weighted by atomic mass is 10.1. The lowest BCUT2D eigenvalue weighted by Gasteiger charge is -2.26. The van der Waals surface area contributed by atoms with Gasteiger partial charge in [0, 0.05) is 44.8 Å². The van der Waals surface area contributed by atoms with E-state index in [1.165, 1.54) is 38.0 Å². The fourth-order valence-corrected chi connectivity index (χ4v) is 4.24. The summed E-state index contributed by atoms with van der Waals surface area (Å²) in [5.74, 6) is 1.78. The molecule has 23 heavy (non-hydrogen) atoms. The Morgan fingerprint density at radius 2 is 1.78 bits per heavy atom. The van der Waals surface area contributed by atoms with Crippen LogP contribution >= 0.6 is 0 Å². The van der Waals surface area contributed by atoms with Gasteiger partial charge < -0.3 is 14.4 Å². The molecule has 0 spiro atoms. The van der Waals surface area contributed by atoms with Crippen LogP contribution in [0.5, 0.6) is 11.5 Å². The summed E-state index contributed by atoms with van der Waals surface area (Å²) in [6.45, 7) is 6.20. The van der Waals surface area contributed by atoms with Crippen molar-refractivity contribution in [2.45, 2.75) is 31.5 Å². The summed E-state index contributed by atoms with van der Waals surface area (Å²) in [6.07, 6.45) is 2.62. The van der Waals surface area contributed by atoms with Crippen LogP contribution in [0.4, 0.5) is 0 Å². The number of fused-ring (bicyclic) bond motifs is 2. The summed E-state index contributed by atoms with van der Waals surface area (Å²) in [5, 5.41) is 0. The number of nitrogens with zero attached hydrogens (tertiary/aromatic N) is 3. The molecule has 2 fully saturated rings. The van der Waals surface area contributed by atoms with Crippen molar-refractivity contribution in [2.24, 2.45) is 0 Å². The molecule has 1 aromatic rings. The first-order chi connectivity index (χ1) is 11.2. The fraction of sp³-hybridized carbons (Fsp3) is 0.667. The molecule has 0 unspecified atom stereocenters. The van der Waals surface area contributed by atoms with Gasteiger partial charge in [-0.05, 0) is 44.6 Å². The van der Waals surface area contributed by atoms with E-state index in [-0.39, 0.29) is 0 Å². The van der Waals surface area contributed by atoms with Crippen LogP contribution in [0.1, 0.15) is 18.4 Å². The molecular formula is C18H27N3O2. The van der Waals surface area contributed by atoms with Crippen molar-refractivity contribution in [3.63, 3.8) is 0 Å². The molecule has 4 rings (SSSR count). The minimum atomic E-state index is 0.355. The highest BCUT2D eigenvalue weighted by Crippen LogP contribution is 2.35. The Kier molecular flexibility index (Phi) is 4.18. The van der Waals surface area contributed by atoms with Gasteiger partial charge in [-0.2, -0.15) is 0 Å². The van der Waals surface area contributed by atoms with Crippen LogP contribution in [0.3, 0.4) is 0 Å². The van der Waals surface area contributed by atoms with E-state index >= 15 is 0 Å². The molecule has 3 aliphatic rings. The highest BCUT2D eigenvalue weighted by molar-refractivity contribution is 5.44. The molecule has 1 aromatic carbocycles. The van der Waals surface area contributed by atoms with Crippen molar-refractivity contribution in [2.75, 3.05) is 47.1 Å². The Hall–Kier alpha value is -1.30. The summed E-state index contributed by atoms with van der Waals surface area (Å²) < 4.78 is 10.9. The van der Waals surface area contributed by atoms with Crippen molar-refractivity contribution in [1.29, 1.82) is 0 Å². The zero-order valence-electron chi connectivity index (χ0n) is 14.2. The van der Waals surface area contributed by atoms with Crippen LogP contribution in [0, 0.1) is 0 Å². The number of likely N-dealkylation sites (tertiary alicyclic amines) is 2. The number of benzene rings is 1. The van der Waals surface area contributed by atoms with Crippen LogP contribution in [-0.4, -0.2) is 73.9 Å². The molecule has 0 saturated carbocycles. The Labute approximate surface area is 138 Å². The van der Waals surface area contributed by atoms with E-state index < -0.39 is 0 Å². The van der Waals surface area contributed by atoms with Gasteiger partial charge in [0.05, 0.1) is 0 Å². The van der Waals surface area contributed by atoms with Gasteiger partial charge in [-0.15, -0.1) is 0 Å². The molecule has 2 saturated heterocycles. The minimum Gasteiger partial charge on any atom is -0.454 e. The van der Waals surface area contributed by atoms with E-state index in [1.54, 1.807) is 0 Å². The van der Waals surface area contributed by atoms with Crippen LogP contribution < -0.4 is 9.47 Å². The molecule has 5 nitrogen and oxygen atoms in total. The number of hydrogen-bond donors (Lipinski definition) is 0. The fourth-order valence-electron chi connectivity index (χ4n) is 4.24. The first kappa shape index (κ1) is 15.2. The topological polar surface area (TPSA) is 28.2 Å². The highest BCUT2D eigenvalue weighted by Gasteiger charge is 2.41. The molecule has 3 aliphatic heterocycles. The number of hydrogen-bond acceptors (Lipinski definition) is 5. The predicted molar refractivity (Wildman–Crippen MR) is 89.9 cm³/mol. The number of ether oxygens (including phenoxy) is 2. The van der Waals surface area contributed by atoms with Crippen LogP contribution in [-0.2, 0) is 6.54 Å². The third-order valence-electron chi connectivity index (χ3n) is 5.46. The largest absolute Gasteiger partial charge is 0.454 e. The van der Waals surface area contributed by atoms with E-state index in [0.29, 0.717) is 6.79 Å². The molecule has 3 heterocycles. The van der Waals surface area contributed by atoms with Gasteiger partial charge in [-0.3, -0.25) is 9.80 Å². The smallest absolute Gasteiger partial charge is 0.231 e.